The van der Waals surface area contributed by atoms with E-state index in [-0.39, 0.29) is 18.2 Å². The first kappa shape index (κ1) is 22.0. The standard InChI is InChI=1S/C24H29N3O2S/c1-3-4-15-25-24(30)26(16-14-19-8-6-5-7-9-19)21-17-22(28)27(23(21)29)20-12-10-18(2)11-13-20/h5-13,21H,3-4,14-17H2,1-2H3,(H,25,30)/t21-/m0/s1. The molecule has 1 N–H and O–H groups in total. The molecule has 0 spiro atoms. The SMILES string of the molecule is CCCCNC(=S)N(CCc1ccccc1)[C@H]1CC(=O)N(c2ccc(C)cc2)C1=O. The molecular formula is C24H29N3O2S. The molecule has 0 radical (unpaired) electrons. The number of thiocarbonyl (C=S) groups is 1. The average molecular weight is 424 g/mol. The van der Waals surface area contributed by atoms with Crippen molar-refractivity contribution >= 4 is 34.8 Å². The number of hydrogen-bond acceptors (Lipinski definition) is 3. The number of carbonyl (C=O) groups is 2. The molecule has 1 heterocycles. The summed E-state index contributed by atoms with van der Waals surface area (Å²) in [5.74, 6) is -0.397. The van der Waals surface area contributed by atoms with Crippen LogP contribution in [0.3, 0.4) is 0 Å². The molecular weight excluding hydrogens is 394 g/mol. The lowest BCUT2D eigenvalue weighted by molar-refractivity contribution is -0.122. The van der Waals surface area contributed by atoms with Crippen molar-refractivity contribution in [3.63, 3.8) is 0 Å². The van der Waals surface area contributed by atoms with Crippen LogP contribution in [-0.2, 0) is 16.0 Å². The van der Waals surface area contributed by atoms with E-state index in [1.165, 1.54) is 10.5 Å². The predicted octanol–water partition coefficient (Wildman–Crippen LogP) is 3.85. The number of rotatable bonds is 8. The van der Waals surface area contributed by atoms with Crippen molar-refractivity contribution in [3.8, 4) is 0 Å². The van der Waals surface area contributed by atoms with Gasteiger partial charge in [-0.15, -0.1) is 0 Å². The van der Waals surface area contributed by atoms with Crippen LogP contribution >= 0.6 is 12.2 Å². The molecule has 3 rings (SSSR count). The van der Waals surface area contributed by atoms with Crippen LogP contribution in [0.5, 0.6) is 0 Å². The van der Waals surface area contributed by atoms with Crippen LogP contribution in [0.25, 0.3) is 0 Å². The first-order chi connectivity index (χ1) is 14.5. The molecule has 2 aromatic rings. The molecule has 2 amide bonds. The summed E-state index contributed by atoms with van der Waals surface area (Å²) in [6, 6.07) is 17.0. The first-order valence-corrected chi connectivity index (χ1v) is 10.9. The van der Waals surface area contributed by atoms with Gasteiger partial charge in [-0.25, -0.2) is 4.90 Å². The van der Waals surface area contributed by atoms with Gasteiger partial charge in [0.1, 0.15) is 6.04 Å². The third-order valence-corrected chi connectivity index (χ3v) is 5.72. The fourth-order valence-electron chi connectivity index (χ4n) is 3.59. The topological polar surface area (TPSA) is 52.7 Å². The van der Waals surface area contributed by atoms with Crippen molar-refractivity contribution in [2.75, 3.05) is 18.0 Å². The Morgan fingerprint density at radius 3 is 2.50 bits per heavy atom. The average Bonchev–Trinajstić information content (AvgIpc) is 3.04. The van der Waals surface area contributed by atoms with E-state index in [0.717, 1.165) is 31.4 Å². The molecule has 6 heteroatoms. The van der Waals surface area contributed by atoms with Gasteiger partial charge in [0.25, 0.3) is 5.91 Å². The smallest absolute Gasteiger partial charge is 0.257 e. The maximum Gasteiger partial charge on any atom is 0.257 e. The van der Waals surface area contributed by atoms with Gasteiger partial charge >= 0.3 is 0 Å². The fourth-order valence-corrected chi connectivity index (χ4v) is 3.91. The highest BCUT2D eigenvalue weighted by atomic mass is 32.1. The van der Waals surface area contributed by atoms with Crippen LogP contribution in [0.1, 0.15) is 37.3 Å². The Kier molecular flexibility index (Phi) is 7.57. The Morgan fingerprint density at radius 2 is 1.83 bits per heavy atom. The number of carbonyl (C=O) groups excluding carboxylic acids is 2. The van der Waals surface area contributed by atoms with Crippen molar-refractivity contribution in [3.05, 3.63) is 65.7 Å². The van der Waals surface area contributed by atoms with Gasteiger partial charge in [0.05, 0.1) is 12.1 Å². The zero-order valence-corrected chi connectivity index (χ0v) is 18.5. The summed E-state index contributed by atoms with van der Waals surface area (Å²) in [4.78, 5) is 29.2. The number of hydrogen-bond donors (Lipinski definition) is 1. The van der Waals surface area contributed by atoms with E-state index >= 15 is 0 Å². The van der Waals surface area contributed by atoms with E-state index in [4.69, 9.17) is 12.2 Å². The lowest BCUT2D eigenvalue weighted by atomic mass is 10.1. The molecule has 1 fully saturated rings. The number of aryl methyl sites for hydroxylation is 1. The maximum absolute atomic E-state index is 13.3. The second kappa shape index (κ2) is 10.3. The van der Waals surface area contributed by atoms with Crippen LogP contribution in [0, 0.1) is 6.92 Å². The summed E-state index contributed by atoms with van der Waals surface area (Å²) in [7, 11) is 0. The Morgan fingerprint density at radius 1 is 1.13 bits per heavy atom. The monoisotopic (exact) mass is 423 g/mol. The summed E-state index contributed by atoms with van der Waals surface area (Å²) in [6.07, 6.45) is 2.94. The van der Waals surface area contributed by atoms with Gasteiger partial charge < -0.3 is 10.2 Å². The number of anilines is 1. The van der Waals surface area contributed by atoms with Crippen molar-refractivity contribution in [1.29, 1.82) is 0 Å². The lowest BCUT2D eigenvalue weighted by Gasteiger charge is -2.30. The predicted molar refractivity (Wildman–Crippen MR) is 124 cm³/mol. The molecule has 1 aliphatic rings. The second-order valence-corrected chi connectivity index (χ2v) is 8.02. The molecule has 2 aromatic carbocycles. The maximum atomic E-state index is 13.3. The number of nitrogens with zero attached hydrogens (tertiary/aromatic N) is 2. The summed E-state index contributed by atoms with van der Waals surface area (Å²) in [6.45, 7) is 5.43. The second-order valence-electron chi connectivity index (χ2n) is 7.64. The minimum Gasteiger partial charge on any atom is -0.363 e. The minimum absolute atomic E-state index is 0.136. The van der Waals surface area contributed by atoms with Crippen LogP contribution in [0.15, 0.2) is 54.6 Å². The van der Waals surface area contributed by atoms with Crippen molar-refractivity contribution in [2.45, 2.75) is 45.6 Å². The molecule has 158 valence electrons. The molecule has 0 aliphatic carbocycles. The van der Waals surface area contributed by atoms with E-state index in [2.05, 4.69) is 24.4 Å². The van der Waals surface area contributed by atoms with Gasteiger partial charge in [0.15, 0.2) is 5.11 Å². The summed E-state index contributed by atoms with van der Waals surface area (Å²) >= 11 is 5.64. The van der Waals surface area contributed by atoms with Crippen molar-refractivity contribution < 1.29 is 9.59 Å². The van der Waals surface area contributed by atoms with E-state index in [0.29, 0.717) is 17.3 Å². The summed E-state index contributed by atoms with van der Waals surface area (Å²) < 4.78 is 0. The number of amides is 2. The third kappa shape index (κ3) is 5.25. The third-order valence-electron chi connectivity index (χ3n) is 5.34. The molecule has 1 aliphatic heterocycles. The molecule has 0 aromatic heterocycles. The number of unbranched alkanes of at least 4 members (excludes halogenated alkanes) is 1. The Bertz CT molecular complexity index is 883. The lowest BCUT2D eigenvalue weighted by Crippen LogP contribution is -2.50. The van der Waals surface area contributed by atoms with E-state index in [1.54, 1.807) is 0 Å². The van der Waals surface area contributed by atoms with Crippen LogP contribution in [-0.4, -0.2) is 41.0 Å². The Balaban J connectivity index is 1.78. The Hall–Kier alpha value is -2.73. The fraction of sp³-hybridized carbons (Fsp3) is 0.375. The van der Waals surface area contributed by atoms with Crippen LogP contribution in [0.2, 0.25) is 0 Å². The van der Waals surface area contributed by atoms with Gasteiger partial charge in [-0.3, -0.25) is 9.59 Å². The van der Waals surface area contributed by atoms with Crippen LogP contribution < -0.4 is 10.2 Å². The highest BCUT2D eigenvalue weighted by molar-refractivity contribution is 7.80. The molecule has 1 saturated heterocycles. The largest absolute Gasteiger partial charge is 0.363 e. The Labute approximate surface area is 184 Å². The zero-order valence-electron chi connectivity index (χ0n) is 17.6. The van der Waals surface area contributed by atoms with Crippen molar-refractivity contribution in [2.24, 2.45) is 0 Å². The van der Waals surface area contributed by atoms with E-state index in [9.17, 15) is 9.59 Å². The first-order valence-electron chi connectivity index (χ1n) is 10.5. The molecule has 5 nitrogen and oxygen atoms in total. The van der Waals surface area contributed by atoms with Gasteiger partial charge in [0.2, 0.25) is 5.91 Å². The van der Waals surface area contributed by atoms with Gasteiger partial charge in [-0.2, -0.15) is 0 Å². The zero-order chi connectivity index (χ0) is 21.5. The minimum atomic E-state index is -0.579. The van der Waals surface area contributed by atoms with Crippen LogP contribution in [0.4, 0.5) is 5.69 Å². The molecule has 0 unspecified atom stereocenters. The molecule has 1 atom stereocenters. The number of benzene rings is 2. The molecule has 0 saturated carbocycles. The van der Waals surface area contributed by atoms with E-state index in [1.807, 2.05) is 54.3 Å². The highest BCUT2D eigenvalue weighted by Crippen LogP contribution is 2.26. The molecule has 0 bridgehead atoms. The van der Waals surface area contributed by atoms with Gasteiger partial charge in [-0.1, -0.05) is 61.4 Å². The highest BCUT2D eigenvalue weighted by Gasteiger charge is 2.43. The van der Waals surface area contributed by atoms with Gasteiger partial charge in [-0.05, 0) is 49.7 Å². The number of nitrogens with one attached hydrogen (secondary N) is 1. The molecule has 30 heavy (non-hydrogen) atoms. The van der Waals surface area contributed by atoms with E-state index < -0.39 is 6.04 Å². The summed E-state index contributed by atoms with van der Waals surface area (Å²) in [5.41, 5.74) is 2.87. The normalized spacial score (nSPS) is 16.1. The quantitative estimate of drug-likeness (QED) is 0.397. The number of imide groups is 1. The van der Waals surface area contributed by atoms with Crippen molar-refractivity contribution in [1.82, 2.24) is 10.2 Å². The van der Waals surface area contributed by atoms with Gasteiger partial charge in [0, 0.05) is 13.1 Å². The summed E-state index contributed by atoms with van der Waals surface area (Å²) in [5, 5.41) is 3.81.